The van der Waals surface area contributed by atoms with Crippen molar-refractivity contribution < 1.29 is 14.6 Å². The first-order valence-corrected chi connectivity index (χ1v) is 6.36. The highest BCUT2D eigenvalue weighted by Crippen LogP contribution is 2.28. The molecule has 0 aliphatic carbocycles. The smallest absolute Gasteiger partial charge is 0.311 e. The zero-order valence-electron chi connectivity index (χ0n) is 11.5. The zero-order valence-corrected chi connectivity index (χ0v) is 11.5. The van der Waals surface area contributed by atoms with Gasteiger partial charge in [0.1, 0.15) is 0 Å². The van der Waals surface area contributed by atoms with Gasteiger partial charge >= 0.3 is 5.97 Å². The van der Waals surface area contributed by atoms with E-state index in [0.29, 0.717) is 18.6 Å². The summed E-state index contributed by atoms with van der Waals surface area (Å²) in [5.41, 5.74) is 1.44. The summed E-state index contributed by atoms with van der Waals surface area (Å²) < 4.78 is 6.66. The van der Waals surface area contributed by atoms with Crippen LogP contribution in [0, 0.1) is 12.8 Å². The van der Waals surface area contributed by atoms with Gasteiger partial charge in [-0.15, -0.1) is 0 Å². The lowest BCUT2D eigenvalue weighted by atomic mass is 9.92. The lowest BCUT2D eigenvalue weighted by molar-refractivity contribution is -0.152. The third kappa shape index (κ3) is 3.32. The molecule has 2 unspecified atom stereocenters. The fraction of sp³-hybridized carbons (Fsp3) is 0.692. The molecule has 1 aromatic heterocycles. The Morgan fingerprint density at radius 3 is 2.67 bits per heavy atom. The summed E-state index contributed by atoms with van der Waals surface area (Å²) in [6.45, 7) is 5.90. The second-order valence-electron chi connectivity index (χ2n) is 4.44. The summed E-state index contributed by atoms with van der Waals surface area (Å²) >= 11 is 0. The van der Waals surface area contributed by atoms with Crippen molar-refractivity contribution in [1.29, 1.82) is 0 Å². The molecule has 5 heteroatoms. The average Bonchev–Trinajstić information content (AvgIpc) is 2.65. The van der Waals surface area contributed by atoms with Crippen LogP contribution in [0.5, 0.6) is 0 Å². The molecule has 0 aliphatic rings. The van der Waals surface area contributed by atoms with Crippen LogP contribution in [0.15, 0.2) is 6.20 Å². The van der Waals surface area contributed by atoms with Gasteiger partial charge in [-0.3, -0.25) is 9.48 Å². The maximum Gasteiger partial charge on any atom is 0.311 e. The van der Waals surface area contributed by atoms with Crippen LogP contribution >= 0.6 is 0 Å². The van der Waals surface area contributed by atoms with Crippen LogP contribution in [0.4, 0.5) is 0 Å². The van der Waals surface area contributed by atoms with Gasteiger partial charge in [-0.1, -0.05) is 13.3 Å². The summed E-state index contributed by atoms with van der Waals surface area (Å²) in [5.74, 6) is -0.854. The van der Waals surface area contributed by atoms with E-state index in [-0.39, 0.29) is 5.97 Å². The van der Waals surface area contributed by atoms with Crippen molar-refractivity contribution in [3.8, 4) is 0 Å². The number of carbonyl (C=O) groups is 1. The summed E-state index contributed by atoms with van der Waals surface area (Å²) in [6.07, 6.45) is 2.33. The Labute approximate surface area is 108 Å². The Morgan fingerprint density at radius 2 is 2.22 bits per heavy atom. The van der Waals surface area contributed by atoms with E-state index in [1.165, 1.54) is 0 Å². The number of esters is 1. The molecule has 0 saturated heterocycles. The van der Waals surface area contributed by atoms with E-state index in [0.717, 1.165) is 12.1 Å². The van der Waals surface area contributed by atoms with Crippen LogP contribution in [0.25, 0.3) is 0 Å². The van der Waals surface area contributed by atoms with Crippen LogP contribution in [-0.2, 0) is 16.6 Å². The average molecular weight is 254 g/mol. The van der Waals surface area contributed by atoms with Crippen LogP contribution in [0.2, 0.25) is 0 Å². The lowest BCUT2D eigenvalue weighted by Crippen LogP contribution is -2.24. The number of hydrogen-bond donors (Lipinski definition) is 1. The first-order valence-electron chi connectivity index (χ1n) is 6.36. The zero-order chi connectivity index (χ0) is 13.7. The molecular weight excluding hydrogens is 232 g/mol. The number of nitrogens with zero attached hydrogens (tertiary/aromatic N) is 2. The van der Waals surface area contributed by atoms with Crippen molar-refractivity contribution in [1.82, 2.24) is 9.78 Å². The number of aliphatic hydroxyl groups excluding tert-OH is 1. The molecule has 1 rings (SSSR count). The van der Waals surface area contributed by atoms with E-state index < -0.39 is 12.0 Å². The molecule has 0 bridgehead atoms. The highest BCUT2D eigenvalue weighted by atomic mass is 16.5. The third-order valence-corrected chi connectivity index (χ3v) is 2.94. The highest BCUT2D eigenvalue weighted by molar-refractivity contribution is 5.73. The van der Waals surface area contributed by atoms with Gasteiger partial charge in [0.25, 0.3) is 0 Å². The first kappa shape index (κ1) is 14.7. The maximum absolute atomic E-state index is 11.9. The fourth-order valence-corrected chi connectivity index (χ4v) is 2.09. The van der Waals surface area contributed by atoms with Crippen molar-refractivity contribution in [2.75, 3.05) is 6.61 Å². The van der Waals surface area contributed by atoms with Gasteiger partial charge in [0.15, 0.2) is 0 Å². The Kier molecular flexibility index (Phi) is 5.34. The van der Waals surface area contributed by atoms with Crippen LogP contribution in [0.1, 0.15) is 44.1 Å². The van der Waals surface area contributed by atoms with Crippen molar-refractivity contribution in [3.63, 3.8) is 0 Å². The first-order chi connectivity index (χ1) is 8.51. The van der Waals surface area contributed by atoms with Crippen LogP contribution < -0.4 is 0 Å². The SMILES string of the molecule is CCCC(C(=O)OCC)C(O)c1cn(C)nc1C. The van der Waals surface area contributed by atoms with Gasteiger partial charge in [-0.2, -0.15) is 5.10 Å². The molecule has 102 valence electrons. The van der Waals surface area contributed by atoms with Crippen molar-refractivity contribution >= 4 is 5.97 Å². The van der Waals surface area contributed by atoms with E-state index in [1.54, 1.807) is 24.9 Å². The molecule has 5 nitrogen and oxygen atoms in total. The molecule has 0 aromatic carbocycles. The molecular formula is C13H22N2O3. The fourth-order valence-electron chi connectivity index (χ4n) is 2.09. The second kappa shape index (κ2) is 6.54. The molecule has 0 saturated carbocycles. The predicted octanol–water partition coefficient (Wildman–Crippen LogP) is 1.74. The standard InChI is InChI=1S/C13H22N2O3/c1-5-7-10(13(17)18-6-2)12(16)11-8-15(4)14-9(11)3/h8,10,12,16H,5-7H2,1-4H3. The van der Waals surface area contributed by atoms with Gasteiger partial charge in [0.05, 0.1) is 24.3 Å². The molecule has 18 heavy (non-hydrogen) atoms. The Hall–Kier alpha value is -1.36. The highest BCUT2D eigenvalue weighted by Gasteiger charge is 2.30. The van der Waals surface area contributed by atoms with Crippen molar-refractivity contribution in [2.45, 2.75) is 39.7 Å². The predicted molar refractivity (Wildman–Crippen MR) is 67.9 cm³/mol. The molecule has 1 aromatic rings. The van der Waals surface area contributed by atoms with E-state index in [9.17, 15) is 9.90 Å². The lowest BCUT2D eigenvalue weighted by Gasteiger charge is -2.20. The van der Waals surface area contributed by atoms with E-state index in [2.05, 4.69) is 5.10 Å². The Morgan fingerprint density at radius 1 is 1.56 bits per heavy atom. The molecule has 0 aliphatic heterocycles. The number of rotatable bonds is 6. The number of aliphatic hydroxyl groups is 1. The maximum atomic E-state index is 11.9. The summed E-state index contributed by atoms with van der Waals surface area (Å²) in [4.78, 5) is 11.9. The topological polar surface area (TPSA) is 64.3 Å². The summed E-state index contributed by atoms with van der Waals surface area (Å²) in [7, 11) is 1.79. The van der Waals surface area contributed by atoms with Gasteiger partial charge < -0.3 is 9.84 Å². The molecule has 0 radical (unpaired) electrons. The van der Waals surface area contributed by atoms with E-state index in [1.807, 2.05) is 13.8 Å². The van der Waals surface area contributed by atoms with Crippen molar-refractivity contribution in [3.05, 3.63) is 17.5 Å². The monoisotopic (exact) mass is 254 g/mol. The molecule has 0 fully saturated rings. The largest absolute Gasteiger partial charge is 0.466 e. The minimum atomic E-state index is -0.849. The van der Waals surface area contributed by atoms with E-state index in [4.69, 9.17) is 4.74 Å². The molecule has 0 spiro atoms. The van der Waals surface area contributed by atoms with Crippen LogP contribution in [-0.4, -0.2) is 27.5 Å². The van der Waals surface area contributed by atoms with Crippen LogP contribution in [0.3, 0.4) is 0 Å². The molecule has 2 atom stereocenters. The molecule has 0 amide bonds. The van der Waals surface area contributed by atoms with Gasteiger partial charge in [-0.05, 0) is 20.3 Å². The number of aromatic nitrogens is 2. The Balaban J connectivity index is 2.91. The number of hydrogen-bond acceptors (Lipinski definition) is 4. The normalized spacial score (nSPS) is 14.3. The molecule has 1 N–H and O–H groups in total. The van der Waals surface area contributed by atoms with Crippen molar-refractivity contribution in [2.24, 2.45) is 13.0 Å². The Bertz CT molecular complexity index is 401. The summed E-state index contributed by atoms with van der Waals surface area (Å²) in [5, 5.41) is 14.5. The number of aryl methyl sites for hydroxylation is 2. The minimum Gasteiger partial charge on any atom is -0.466 e. The summed E-state index contributed by atoms with van der Waals surface area (Å²) in [6, 6.07) is 0. The van der Waals surface area contributed by atoms with E-state index >= 15 is 0 Å². The third-order valence-electron chi connectivity index (χ3n) is 2.94. The number of ether oxygens (including phenoxy) is 1. The quantitative estimate of drug-likeness (QED) is 0.785. The van der Waals surface area contributed by atoms with Gasteiger partial charge in [0, 0.05) is 18.8 Å². The minimum absolute atomic E-state index is 0.331. The number of carbonyl (C=O) groups excluding carboxylic acids is 1. The van der Waals surface area contributed by atoms with Gasteiger partial charge in [0.2, 0.25) is 0 Å². The second-order valence-corrected chi connectivity index (χ2v) is 4.44. The van der Waals surface area contributed by atoms with Gasteiger partial charge in [-0.25, -0.2) is 0 Å². The molecule has 1 heterocycles.